The molecule has 6 nitrogen and oxygen atoms in total. The van der Waals surface area contributed by atoms with E-state index in [9.17, 15) is 0 Å². The second-order valence-electron chi connectivity index (χ2n) is 3.50. The van der Waals surface area contributed by atoms with Gasteiger partial charge in [-0.15, -0.1) is 0 Å². The van der Waals surface area contributed by atoms with Crippen LogP contribution in [0.4, 0.5) is 11.4 Å². The van der Waals surface area contributed by atoms with Gasteiger partial charge in [0, 0.05) is 12.6 Å². The van der Waals surface area contributed by atoms with E-state index >= 15 is 0 Å². The maximum absolute atomic E-state index is 8.74. The standard InChI is InChI=1S/C11H11N5O/c1-7-15-11(16-17-7)6-14-9-3-2-8(5-12)10(13)4-9/h2-4,14H,6,13H2,1H3. The molecule has 2 rings (SSSR count). The van der Waals surface area contributed by atoms with E-state index in [0.717, 1.165) is 5.69 Å². The Balaban J connectivity index is 2.05. The number of aromatic nitrogens is 2. The number of nitrogens with two attached hydrogens (primary N) is 1. The van der Waals surface area contributed by atoms with Crippen molar-refractivity contribution >= 4 is 11.4 Å². The Morgan fingerprint density at radius 1 is 1.53 bits per heavy atom. The molecule has 0 fully saturated rings. The minimum atomic E-state index is 0.446. The number of aryl methyl sites for hydroxylation is 1. The third-order valence-electron chi connectivity index (χ3n) is 2.19. The molecule has 3 N–H and O–H groups in total. The van der Waals surface area contributed by atoms with Gasteiger partial charge in [-0.1, -0.05) is 5.16 Å². The van der Waals surface area contributed by atoms with Gasteiger partial charge in [0.15, 0.2) is 5.82 Å². The van der Waals surface area contributed by atoms with Crippen molar-refractivity contribution < 1.29 is 4.52 Å². The summed E-state index contributed by atoms with van der Waals surface area (Å²) in [7, 11) is 0. The second-order valence-corrected chi connectivity index (χ2v) is 3.50. The number of nitrogens with one attached hydrogen (secondary N) is 1. The molecule has 0 saturated carbocycles. The van der Waals surface area contributed by atoms with Gasteiger partial charge in [-0.05, 0) is 18.2 Å². The maximum atomic E-state index is 8.74. The van der Waals surface area contributed by atoms with Crippen LogP contribution in [0.1, 0.15) is 17.3 Å². The van der Waals surface area contributed by atoms with Crippen LogP contribution in [0.5, 0.6) is 0 Å². The van der Waals surface area contributed by atoms with Crippen LogP contribution in [-0.2, 0) is 6.54 Å². The Morgan fingerprint density at radius 2 is 2.35 bits per heavy atom. The van der Waals surface area contributed by atoms with E-state index in [1.165, 1.54) is 0 Å². The van der Waals surface area contributed by atoms with Gasteiger partial charge in [0.05, 0.1) is 17.8 Å². The van der Waals surface area contributed by atoms with Crippen molar-refractivity contribution in [3.05, 3.63) is 35.5 Å². The minimum Gasteiger partial charge on any atom is -0.398 e. The van der Waals surface area contributed by atoms with E-state index < -0.39 is 0 Å². The molecule has 0 saturated heterocycles. The number of hydrogen-bond acceptors (Lipinski definition) is 6. The minimum absolute atomic E-state index is 0.446. The summed E-state index contributed by atoms with van der Waals surface area (Å²) in [5, 5.41) is 15.6. The Bertz CT molecular complexity index is 569. The topological polar surface area (TPSA) is 101 Å². The van der Waals surface area contributed by atoms with Crippen molar-refractivity contribution in [1.82, 2.24) is 10.1 Å². The van der Waals surface area contributed by atoms with Crippen LogP contribution in [0.2, 0.25) is 0 Å². The summed E-state index contributed by atoms with van der Waals surface area (Å²) in [6.07, 6.45) is 0. The van der Waals surface area contributed by atoms with Crippen molar-refractivity contribution in [2.45, 2.75) is 13.5 Å². The molecular formula is C11H11N5O. The predicted octanol–water partition coefficient (Wildman–Crippen LogP) is 1.44. The van der Waals surface area contributed by atoms with Crippen molar-refractivity contribution in [3.63, 3.8) is 0 Å². The highest BCUT2D eigenvalue weighted by Gasteiger charge is 2.03. The summed E-state index contributed by atoms with van der Waals surface area (Å²) in [5.74, 6) is 1.10. The van der Waals surface area contributed by atoms with Gasteiger partial charge in [0.25, 0.3) is 0 Å². The van der Waals surface area contributed by atoms with Gasteiger partial charge in [0.2, 0.25) is 5.89 Å². The van der Waals surface area contributed by atoms with Crippen LogP contribution >= 0.6 is 0 Å². The highest BCUT2D eigenvalue weighted by molar-refractivity contribution is 5.62. The Kier molecular flexibility index (Phi) is 2.92. The normalized spacial score (nSPS) is 9.88. The van der Waals surface area contributed by atoms with Gasteiger partial charge in [-0.3, -0.25) is 0 Å². The van der Waals surface area contributed by atoms with Crippen molar-refractivity contribution in [3.8, 4) is 6.07 Å². The van der Waals surface area contributed by atoms with Crippen molar-refractivity contribution in [2.24, 2.45) is 0 Å². The first-order valence-corrected chi connectivity index (χ1v) is 5.01. The Hall–Kier alpha value is -2.55. The Morgan fingerprint density at radius 3 is 2.94 bits per heavy atom. The summed E-state index contributed by atoms with van der Waals surface area (Å²) in [6, 6.07) is 7.15. The fourth-order valence-corrected chi connectivity index (χ4v) is 1.37. The summed E-state index contributed by atoms with van der Waals surface area (Å²) in [5.41, 5.74) is 7.41. The summed E-state index contributed by atoms with van der Waals surface area (Å²) in [6.45, 7) is 2.18. The van der Waals surface area contributed by atoms with Crippen LogP contribution < -0.4 is 11.1 Å². The van der Waals surface area contributed by atoms with Crippen LogP contribution in [0.3, 0.4) is 0 Å². The van der Waals surface area contributed by atoms with Crippen molar-refractivity contribution in [1.29, 1.82) is 5.26 Å². The van der Waals surface area contributed by atoms with Gasteiger partial charge < -0.3 is 15.6 Å². The molecule has 0 aliphatic carbocycles. The number of rotatable bonds is 3. The van der Waals surface area contributed by atoms with Gasteiger partial charge in [-0.2, -0.15) is 10.2 Å². The van der Waals surface area contributed by atoms with E-state index in [1.807, 2.05) is 6.07 Å². The maximum Gasteiger partial charge on any atom is 0.223 e. The molecule has 0 atom stereocenters. The lowest BCUT2D eigenvalue weighted by Gasteiger charge is -2.05. The molecule has 1 aromatic heterocycles. The van der Waals surface area contributed by atoms with E-state index in [2.05, 4.69) is 15.5 Å². The highest BCUT2D eigenvalue weighted by Crippen LogP contribution is 2.17. The average Bonchev–Trinajstić information content (AvgIpc) is 2.73. The molecule has 0 spiro atoms. The molecule has 17 heavy (non-hydrogen) atoms. The molecule has 1 heterocycles. The number of hydrogen-bond donors (Lipinski definition) is 2. The number of anilines is 2. The molecule has 0 bridgehead atoms. The largest absolute Gasteiger partial charge is 0.398 e. The first-order chi connectivity index (χ1) is 8.19. The lowest BCUT2D eigenvalue weighted by atomic mass is 10.2. The van der Waals surface area contributed by atoms with E-state index in [4.69, 9.17) is 15.5 Å². The lowest BCUT2D eigenvalue weighted by molar-refractivity contribution is 0.388. The van der Waals surface area contributed by atoms with Crippen LogP contribution in [0.25, 0.3) is 0 Å². The number of nitriles is 1. The summed E-state index contributed by atoms with van der Waals surface area (Å²) >= 11 is 0. The fraction of sp³-hybridized carbons (Fsp3) is 0.182. The molecule has 0 unspecified atom stereocenters. The van der Waals surface area contributed by atoms with Crippen molar-refractivity contribution in [2.75, 3.05) is 11.1 Å². The Labute approximate surface area is 98.1 Å². The first kappa shape index (κ1) is 11.0. The monoisotopic (exact) mass is 229 g/mol. The second kappa shape index (κ2) is 4.53. The number of nitrogen functional groups attached to an aromatic ring is 1. The van der Waals surface area contributed by atoms with Gasteiger partial charge in [0.1, 0.15) is 6.07 Å². The lowest BCUT2D eigenvalue weighted by Crippen LogP contribution is -2.02. The molecule has 0 aliphatic heterocycles. The van der Waals surface area contributed by atoms with Crippen LogP contribution in [0, 0.1) is 18.3 Å². The van der Waals surface area contributed by atoms with Gasteiger partial charge >= 0.3 is 0 Å². The average molecular weight is 229 g/mol. The molecule has 0 aliphatic rings. The molecule has 0 amide bonds. The SMILES string of the molecule is Cc1nc(CNc2ccc(C#N)c(N)c2)no1. The third-order valence-corrected chi connectivity index (χ3v) is 2.19. The number of nitrogens with zero attached hydrogens (tertiary/aromatic N) is 3. The molecular weight excluding hydrogens is 218 g/mol. The molecule has 6 heteroatoms. The summed E-state index contributed by atoms with van der Waals surface area (Å²) in [4.78, 5) is 4.06. The fourth-order valence-electron chi connectivity index (χ4n) is 1.37. The zero-order chi connectivity index (χ0) is 12.3. The highest BCUT2D eigenvalue weighted by atomic mass is 16.5. The molecule has 0 radical (unpaired) electrons. The van der Waals surface area contributed by atoms with Crippen LogP contribution in [-0.4, -0.2) is 10.1 Å². The van der Waals surface area contributed by atoms with Gasteiger partial charge in [-0.25, -0.2) is 0 Å². The summed E-state index contributed by atoms with van der Waals surface area (Å²) < 4.78 is 4.84. The van der Waals surface area contributed by atoms with Crippen LogP contribution in [0.15, 0.2) is 22.7 Å². The molecule has 1 aromatic carbocycles. The quantitative estimate of drug-likeness (QED) is 0.772. The number of benzene rings is 1. The van der Waals surface area contributed by atoms with E-state index in [1.54, 1.807) is 25.1 Å². The predicted molar refractivity (Wildman–Crippen MR) is 61.9 cm³/mol. The third kappa shape index (κ3) is 2.52. The molecule has 86 valence electrons. The zero-order valence-electron chi connectivity index (χ0n) is 9.27. The molecule has 2 aromatic rings. The smallest absolute Gasteiger partial charge is 0.223 e. The first-order valence-electron chi connectivity index (χ1n) is 5.01. The van der Waals surface area contributed by atoms with E-state index in [-0.39, 0.29) is 0 Å². The van der Waals surface area contributed by atoms with E-state index in [0.29, 0.717) is 29.5 Å². The zero-order valence-corrected chi connectivity index (χ0v) is 9.27.